The van der Waals surface area contributed by atoms with Gasteiger partial charge >= 0.3 is 0 Å². The molecule has 0 spiro atoms. The predicted octanol–water partition coefficient (Wildman–Crippen LogP) is 4.23. The van der Waals surface area contributed by atoms with Crippen molar-refractivity contribution in [1.29, 1.82) is 0 Å². The first kappa shape index (κ1) is 17.1. The maximum atomic E-state index is 13.3. The van der Waals surface area contributed by atoms with E-state index in [2.05, 4.69) is 20.6 Å². The van der Waals surface area contributed by atoms with Gasteiger partial charge in [0, 0.05) is 23.1 Å². The number of H-pyrrole nitrogens is 1. The number of tetrazole rings is 1. The summed E-state index contributed by atoms with van der Waals surface area (Å²) in [4.78, 5) is 13.3. The molecule has 5 rings (SSSR count). The lowest BCUT2D eigenvalue weighted by atomic mass is 9.98. The van der Waals surface area contributed by atoms with E-state index in [0.29, 0.717) is 34.5 Å². The highest BCUT2D eigenvalue weighted by atomic mass is 16.3. The fourth-order valence-electron chi connectivity index (χ4n) is 3.43. The monoisotopic (exact) mass is 380 g/mol. The molecule has 0 bridgehead atoms. The van der Waals surface area contributed by atoms with E-state index in [-0.39, 0.29) is 5.43 Å². The molecule has 140 valence electrons. The van der Waals surface area contributed by atoms with Gasteiger partial charge in [0.25, 0.3) is 0 Å². The van der Waals surface area contributed by atoms with Crippen LogP contribution in [0, 0.1) is 0 Å². The molecule has 2 heterocycles. The van der Waals surface area contributed by atoms with Crippen LogP contribution in [0.2, 0.25) is 0 Å². The number of rotatable bonds is 4. The van der Waals surface area contributed by atoms with Crippen molar-refractivity contribution in [3.8, 4) is 22.7 Å². The van der Waals surface area contributed by atoms with Crippen molar-refractivity contribution in [1.82, 2.24) is 20.6 Å². The third-order valence-corrected chi connectivity index (χ3v) is 4.88. The standard InChI is InChI=1S/C23H16N4O2/c28-21-18-8-4-5-9-20(18)29-22(16-6-2-1-3-7-16)19(21)14-15-10-12-17(13-11-15)23-24-26-27-25-23/h1-13H,14H2,(H,24,25,26,27). The first-order valence-electron chi connectivity index (χ1n) is 9.23. The molecule has 0 radical (unpaired) electrons. The maximum Gasteiger partial charge on any atom is 0.196 e. The summed E-state index contributed by atoms with van der Waals surface area (Å²) in [6.07, 6.45) is 0.465. The number of hydrogen-bond donors (Lipinski definition) is 1. The average Bonchev–Trinajstić information content (AvgIpc) is 3.32. The molecule has 1 N–H and O–H groups in total. The second-order valence-corrected chi connectivity index (χ2v) is 6.72. The number of nitrogens with one attached hydrogen (secondary N) is 1. The van der Waals surface area contributed by atoms with E-state index in [1.54, 1.807) is 6.07 Å². The van der Waals surface area contributed by atoms with Crippen LogP contribution in [0.1, 0.15) is 11.1 Å². The van der Waals surface area contributed by atoms with Crippen molar-refractivity contribution in [3.63, 3.8) is 0 Å². The third-order valence-electron chi connectivity index (χ3n) is 4.88. The van der Waals surface area contributed by atoms with Crippen LogP contribution < -0.4 is 5.43 Å². The number of hydrogen-bond acceptors (Lipinski definition) is 5. The average molecular weight is 380 g/mol. The Hall–Kier alpha value is -4.06. The maximum absolute atomic E-state index is 13.3. The second kappa shape index (κ2) is 7.16. The molecule has 6 nitrogen and oxygen atoms in total. The Balaban J connectivity index is 1.62. The molecule has 0 saturated carbocycles. The van der Waals surface area contributed by atoms with Gasteiger partial charge in [-0.2, -0.15) is 0 Å². The molecule has 0 fully saturated rings. The van der Waals surface area contributed by atoms with Crippen LogP contribution in [0.4, 0.5) is 0 Å². The minimum Gasteiger partial charge on any atom is -0.456 e. The van der Waals surface area contributed by atoms with Gasteiger partial charge in [-0.05, 0) is 28.1 Å². The molecule has 5 aromatic rings. The number of nitrogens with zero attached hydrogens (tertiary/aromatic N) is 3. The zero-order chi connectivity index (χ0) is 19.6. The Morgan fingerprint density at radius 1 is 0.828 bits per heavy atom. The normalized spacial score (nSPS) is 11.0. The summed E-state index contributed by atoms with van der Waals surface area (Å²) in [6, 6.07) is 24.9. The van der Waals surface area contributed by atoms with E-state index in [1.165, 1.54) is 0 Å². The minimum absolute atomic E-state index is 0.00536. The summed E-state index contributed by atoms with van der Waals surface area (Å²) >= 11 is 0. The summed E-state index contributed by atoms with van der Waals surface area (Å²) in [7, 11) is 0. The SMILES string of the molecule is O=c1c(Cc2ccc(-c3nnn[nH]3)cc2)c(-c2ccccc2)oc2ccccc12. The van der Waals surface area contributed by atoms with Gasteiger partial charge in [0.1, 0.15) is 11.3 Å². The zero-order valence-corrected chi connectivity index (χ0v) is 15.4. The minimum atomic E-state index is -0.00536. The van der Waals surface area contributed by atoms with Gasteiger partial charge in [-0.15, -0.1) is 5.10 Å². The Bertz CT molecular complexity index is 1330. The first-order chi connectivity index (χ1) is 14.3. The molecule has 29 heavy (non-hydrogen) atoms. The van der Waals surface area contributed by atoms with E-state index in [4.69, 9.17) is 4.42 Å². The van der Waals surface area contributed by atoms with Crippen molar-refractivity contribution in [2.24, 2.45) is 0 Å². The molecule has 0 saturated heterocycles. The Morgan fingerprint density at radius 2 is 1.59 bits per heavy atom. The molecule has 6 heteroatoms. The summed E-state index contributed by atoms with van der Waals surface area (Å²) in [5.74, 6) is 1.21. The van der Waals surface area contributed by atoms with Crippen LogP contribution in [-0.4, -0.2) is 20.6 Å². The molecule has 2 aromatic heterocycles. The lowest BCUT2D eigenvalue weighted by Crippen LogP contribution is -2.11. The molecule has 0 aliphatic heterocycles. The van der Waals surface area contributed by atoms with Gasteiger partial charge in [0.05, 0.1) is 5.39 Å². The van der Waals surface area contributed by atoms with Crippen LogP contribution in [0.5, 0.6) is 0 Å². The van der Waals surface area contributed by atoms with Crippen molar-refractivity contribution in [2.75, 3.05) is 0 Å². The quantitative estimate of drug-likeness (QED) is 0.504. The van der Waals surface area contributed by atoms with Crippen LogP contribution in [-0.2, 0) is 6.42 Å². The van der Waals surface area contributed by atoms with Crippen molar-refractivity contribution in [2.45, 2.75) is 6.42 Å². The van der Waals surface area contributed by atoms with Crippen LogP contribution in [0.25, 0.3) is 33.7 Å². The van der Waals surface area contributed by atoms with Crippen molar-refractivity contribution in [3.05, 3.63) is 100 Å². The van der Waals surface area contributed by atoms with Crippen LogP contribution in [0.3, 0.4) is 0 Å². The number of para-hydroxylation sites is 1. The highest BCUT2D eigenvalue weighted by molar-refractivity contribution is 5.80. The fourth-order valence-corrected chi connectivity index (χ4v) is 3.43. The molecule has 0 atom stereocenters. The fraction of sp³-hybridized carbons (Fsp3) is 0.0435. The van der Waals surface area contributed by atoms with Gasteiger partial charge in [-0.3, -0.25) is 4.79 Å². The number of aromatic amines is 1. The topological polar surface area (TPSA) is 84.7 Å². The molecular formula is C23H16N4O2. The number of benzene rings is 3. The largest absolute Gasteiger partial charge is 0.456 e. The van der Waals surface area contributed by atoms with Crippen LogP contribution >= 0.6 is 0 Å². The Labute approximate surface area is 165 Å². The lowest BCUT2D eigenvalue weighted by Gasteiger charge is -2.11. The summed E-state index contributed by atoms with van der Waals surface area (Å²) in [6.45, 7) is 0. The highest BCUT2D eigenvalue weighted by Gasteiger charge is 2.16. The van der Waals surface area contributed by atoms with E-state index in [1.807, 2.05) is 72.8 Å². The van der Waals surface area contributed by atoms with E-state index < -0.39 is 0 Å². The molecule has 3 aromatic carbocycles. The summed E-state index contributed by atoms with van der Waals surface area (Å²) in [5, 5.41) is 14.5. The van der Waals surface area contributed by atoms with Gasteiger partial charge in [0.2, 0.25) is 0 Å². The second-order valence-electron chi connectivity index (χ2n) is 6.72. The van der Waals surface area contributed by atoms with Gasteiger partial charge < -0.3 is 4.42 Å². The van der Waals surface area contributed by atoms with Crippen LogP contribution in [0.15, 0.2) is 88.1 Å². The molecule has 0 unspecified atom stereocenters. The molecule has 0 amide bonds. The number of fused-ring (bicyclic) bond motifs is 1. The zero-order valence-electron chi connectivity index (χ0n) is 15.4. The van der Waals surface area contributed by atoms with Gasteiger partial charge in [-0.25, -0.2) is 5.10 Å². The smallest absolute Gasteiger partial charge is 0.196 e. The van der Waals surface area contributed by atoms with Crippen molar-refractivity contribution >= 4 is 11.0 Å². The summed E-state index contributed by atoms with van der Waals surface area (Å²) < 4.78 is 6.18. The van der Waals surface area contributed by atoms with E-state index in [9.17, 15) is 4.79 Å². The Kier molecular flexibility index (Phi) is 4.22. The van der Waals surface area contributed by atoms with E-state index in [0.717, 1.165) is 16.7 Å². The van der Waals surface area contributed by atoms with Crippen molar-refractivity contribution < 1.29 is 4.42 Å². The third kappa shape index (κ3) is 3.21. The molecule has 0 aliphatic carbocycles. The van der Waals surface area contributed by atoms with Gasteiger partial charge in [-0.1, -0.05) is 66.7 Å². The predicted molar refractivity (Wildman–Crippen MR) is 110 cm³/mol. The highest BCUT2D eigenvalue weighted by Crippen LogP contribution is 2.27. The van der Waals surface area contributed by atoms with Gasteiger partial charge in [0.15, 0.2) is 11.3 Å². The number of aromatic nitrogens is 4. The summed E-state index contributed by atoms with van der Waals surface area (Å²) in [5.41, 5.74) is 4.00. The first-order valence-corrected chi connectivity index (χ1v) is 9.23. The molecule has 0 aliphatic rings. The lowest BCUT2D eigenvalue weighted by molar-refractivity contribution is 0.611. The Morgan fingerprint density at radius 3 is 2.34 bits per heavy atom. The van der Waals surface area contributed by atoms with E-state index >= 15 is 0 Å². The molecular weight excluding hydrogens is 364 g/mol.